The van der Waals surface area contributed by atoms with Gasteiger partial charge in [0.1, 0.15) is 0 Å². The second-order valence-corrected chi connectivity index (χ2v) is 19.2. The standard InChI is InChI=1S/C40H86N14O6P2/c1-3-5-7-9-13-31-57-61(55,35-29-53(25-17-21-49-37(41)42)26-18-22-50-38(43)44)59-33-15-11-12-16-34-60-62(56,58-32-14-10-8-6-4-2)36-30-54(27-19-23-51-39(45)46)28-20-24-52-40(47)48/h7-10H,3-6,11-36H2,1-2H3,(H4,41,42,49)(H4,43,44,50)(H4,45,46,51)(H4,47,48,52)/b9-7-,10-8-. The number of unbranched alkanes of at least 4 members (excludes halogenated alkanes) is 5. The highest BCUT2D eigenvalue weighted by Gasteiger charge is 2.27. The third-order valence-electron chi connectivity index (χ3n) is 9.09. The second kappa shape index (κ2) is 39.4. The number of guanidine groups is 4. The summed E-state index contributed by atoms with van der Waals surface area (Å²) in [6.07, 6.45) is 20.0. The number of allylic oxidation sites excluding steroid dienone is 2. The lowest BCUT2D eigenvalue weighted by molar-refractivity contribution is 0.190. The zero-order valence-corrected chi connectivity index (χ0v) is 40.0. The molecule has 0 aromatic rings. The minimum absolute atomic E-state index is 0.0478. The molecular weight excluding hydrogens is 834 g/mol. The molecule has 16 N–H and O–H groups in total. The minimum Gasteiger partial charge on any atom is -0.370 e. The zero-order chi connectivity index (χ0) is 46.2. The van der Waals surface area contributed by atoms with E-state index < -0.39 is 15.2 Å². The third kappa shape index (κ3) is 38.5. The van der Waals surface area contributed by atoms with E-state index in [1.54, 1.807) is 0 Å². The Bertz CT molecular complexity index is 1240. The molecule has 2 atom stereocenters. The SMILES string of the molecule is CCC/C=C\CCOP(=O)(CCN(CCCN=C(N)N)CCCN=C(N)N)OCCCCCCOP(=O)(CCN(CCCN=C(N)N)CCCN=C(N)N)OCC/C=C\CCC. The van der Waals surface area contributed by atoms with Crippen LogP contribution in [0.25, 0.3) is 0 Å². The number of aliphatic imine (C=N–C) groups is 4. The molecule has 0 fully saturated rings. The predicted molar refractivity (Wildman–Crippen MR) is 259 cm³/mol. The molecule has 0 spiro atoms. The number of hydrogen-bond donors (Lipinski definition) is 8. The van der Waals surface area contributed by atoms with Gasteiger partial charge in [-0.25, -0.2) is 0 Å². The van der Waals surface area contributed by atoms with E-state index >= 15 is 0 Å². The maximum absolute atomic E-state index is 14.1. The smallest absolute Gasteiger partial charge is 0.331 e. The molecule has 0 rings (SSSR count). The molecule has 362 valence electrons. The number of hydrogen-bond acceptors (Lipinski definition) is 12. The Morgan fingerprint density at radius 2 is 0.710 bits per heavy atom. The summed E-state index contributed by atoms with van der Waals surface area (Å²) < 4.78 is 52.1. The summed E-state index contributed by atoms with van der Waals surface area (Å²) in [4.78, 5) is 20.7. The summed E-state index contributed by atoms with van der Waals surface area (Å²) in [6.45, 7) is 11.1. The van der Waals surface area contributed by atoms with Gasteiger partial charge in [0.25, 0.3) is 0 Å². The van der Waals surface area contributed by atoms with Crippen LogP contribution in [0.2, 0.25) is 0 Å². The van der Waals surface area contributed by atoms with Gasteiger partial charge in [-0.3, -0.25) is 29.1 Å². The van der Waals surface area contributed by atoms with Crippen molar-refractivity contribution in [1.82, 2.24) is 9.80 Å². The van der Waals surface area contributed by atoms with E-state index in [0.717, 1.165) is 64.2 Å². The average molecular weight is 921 g/mol. The molecule has 0 saturated heterocycles. The Morgan fingerprint density at radius 3 is 1.00 bits per heavy atom. The molecule has 0 aromatic carbocycles. The van der Waals surface area contributed by atoms with Crippen molar-refractivity contribution in [3.8, 4) is 0 Å². The van der Waals surface area contributed by atoms with Gasteiger partial charge in [0.05, 0.1) is 38.8 Å². The maximum atomic E-state index is 14.1. The molecule has 0 aliphatic carbocycles. The van der Waals surface area contributed by atoms with Crippen LogP contribution in [0, 0.1) is 0 Å². The lowest BCUT2D eigenvalue weighted by Gasteiger charge is -2.25. The molecule has 0 saturated carbocycles. The average Bonchev–Trinajstić information content (AvgIpc) is 3.22. The van der Waals surface area contributed by atoms with Crippen molar-refractivity contribution in [1.29, 1.82) is 0 Å². The van der Waals surface area contributed by atoms with Crippen molar-refractivity contribution >= 4 is 39.0 Å². The van der Waals surface area contributed by atoms with Crippen molar-refractivity contribution in [3.05, 3.63) is 24.3 Å². The quantitative estimate of drug-likeness (QED) is 0.0142. The molecule has 0 bridgehead atoms. The minimum atomic E-state index is -3.42. The van der Waals surface area contributed by atoms with E-state index in [4.69, 9.17) is 64.0 Å². The summed E-state index contributed by atoms with van der Waals surface area (Å²) in [7, 11) is -6.84. The van der Waals surface area contributed by atoms with Crippen LogP contribution in [0.1, 0.15) is 104 Å². The van der Waals surface area contributed by atoms with Gasteiger partial charge in [-0.2, -0.15) is 0 Å². The highest BCUT2D eigenvalue weighted by Crippen LogP contribution is 2.49. The van der Waals surface area contributed by atoms with Crippen molar-refractivity contribution in [2.45, 2.75) is 104 Å². The molecule has 22 heteroatoms. The summed E-state index contributed by atoms with van der Waals surface area (Å²) in [5.41, 5.74) is 44.0. The van der Waals surface area contributed by atoms with Gasteiger partial charge in [0.2, 0.25) is 0 Å². The second-order valence-electron chi connectivity index (χ2n) is 14.8. The van der Waals surface area contributed by atoms with E-state index in [-0.39, 0.29) is 49.4 Å². The summed E-state index contributed by atoms with van der Waals surface area (Å²) in [5, 5.41) is 0. The van der Waals surface area contributed by atoms with Crippen LogP contribution in [-0.2, 0) is 27.2 Å². The van der Waals surface area contributed by atoms with Gasteiger partial charge < -0.3 is 73.8 Å². The molecule has 2 unspecified atom stereocenters. The molecule has 0 aliphatic rings. The van der Waals surface area contributed by atoms with E-state index in [2.05, 4.69) is 67.9 Å². The molecule has 20 nitrogen and oxygen atoms in total. The first-order valence-corrected chi connectivity index (χ1v) is 25.9. The van der Waals surface area contributed by atoms with Crippen LogP contribution in [-0.4, -0.2) is 138 Å². The fourth-order valence-electron chi connectivity index (χ4n) is 5.83. The summed E-state index contributed by atoms with van der Waals surface area (Å²) >= 11 is 0. The van der Waals surface area contributed by atoms with Crippen LogP contribution in [0.4, 0.5) is 0 Å². The molecular formula is C40H86N14O6P2. The van der Waals surface area contributed by atoms with Gasteiger partial charge in [-0.05, 0) is 90.4 Å². The number of nitrogens with two attached hydrogens (primary N) is 8. The van der Waals surface area contributed by atoms with E-state index in [9.17, 15) is 9.13 Å². The fraction of sp³-hybridized carbons (Fsp3) is 0.800. The first-order chi connectivity index (χ1) is 29.7. The third-order valence-corrected chi connectivity index (χ3v) is 12.9. The van der Waals surface area contributed by atoms with Crippen LogP contribution in [0.5, 0.6) is 0 Å². The molecule has 62 heavy (non-hydrogen) atoms. The van der Waals surface area contributed by atoms with E-state index in [1.807, 2.05) is 0 Å². The van der Waals surface area contributed by atoms with Gasteiger partial charge in [0, 0.05) is 39.3 Å². The van der Waals surface area contributed by atoms with Crippen LogP contribution in [0.3, 0.4) is 0 Å². The maximum Gasteiger partial charge on any atom is 0.331 e. The Kier molecular flexibility index (Phi) is 37.3. The molecule has 0 amide bonds. The van der Waals surface area contributed by atoms with E-state index in [1.165, 1.54) is 0 Å². The van der Waals surface area contributed by atoms with Crippen molar-refractivity contribution in [2.75, 3.05) is 104 Å². The fourth-order valence-corrected chi connectivity index (χ4v) is 9.13. The molecule has 0 aliphatic heterocycles. The van der Waals surface area contributed by atoms with Gasteiger partial charge in [0.15, 0.2) is 23.8 Å². The lowest BCUT2D eigenvalue weighted by atomic mass is 10.2. The largest absolute Gasteiger partial charge is 0.370 e. The van der Waals surface area contributed by atoms with Crippen LogP contribution >= 0.6 is 15.2 Å². The van der Waals surface area contributed by atoms with Gasteiger partial charge >= 0.3 is 15.2 Å². The zero-order valence-electron chi connectivity index (χ0n) is 38.2. The Hall–Kier alpha value is -3.22. The Morgan fingerprint density at radius 1 is 0.419 bits per heavy atom. The highest BCUT2D eigenvalue weighted by molar-refractivity contribution is 7.54. The summed E-state index contributed by atoms with van der Waals surface area (Å²) in [6, 6.07) is 0. The number of nitrogens with zero attached hydrogens (tertiary/aromatic N) is 6. The van der Waals surface area contributed by atoms with E-state index in [0.29, 0.717) is 104 Å². The van der Waals surface area contributed by atoms with Crippen molar-refractivity contribution in [3.63, 3.8) is 0 Å². The molecule has 0 radical (unpaired) electrons. The summed E-state index contributed by atoms with van der Waals surface area (Å²) in [5.74, 6) is 0.191. The topological polar surface area (TPSA) is 335 Å². The Balaban J connectivity index is 5.39. The van der Waals surface area contributed by atoms with Crippen LogP contribution in [0.15, 0.2) is 44.3 Å². The monoisotopic (exact) mass is 921 g/mol. The number of rotatable bonds is 43. The van der Waals surface area contributed by atoms with Crippen molar-refractivity contribution in [2.24, 2.45) is 65.8 Å². The first kappa shape index (κ1) is 58.8. The van der Waals surface area contributed by atoms with Gasteiger partial charge in [-0.15, -0.1) is 0 Å². The molecule has 0 aromatic heterocycles. The van der Waals surface area contributed by atoms with Gasteiger partial charge in [-0.1, -0.05) is 63.8 Å². The lowest BCUT2D eigenvalue weighted by Crippen LogP contribution is -2.31. The highest BCUT2D eigenvalue weighted by atomic mass is 31.2. The molecule has 0 heterocycles. The first-order valence-electron chi connectivity index (χ1n) is 22.5. The van der Waals surface area contributed by atoms with Crippen LogP contribution < -0.4 is 45.9 Å². The Labute approximate surface area is 373 Å². The normalized spacial score (nSPS) is 13.7. The predicted octanol–water partition coefficient (Wildman–Crippen LogP) is 3.75. The van der Waals surface area contributed by atoms with Crippen molar-refractivity contribution < 1.29 is 27.2 Å².